The summed E-state index contributed by atoms with van der Waals surface area (Å²) in [4.78, 5) is 43.6. The third-order valence-electron chi connectivity index (χ3n) is 3.69. The lowest BCUT2D eigenvalue weighted by molar-refractivity contribution is -0.140. The predicted molar refractivity (Wildman–Crippen MR) is 79.6 cm³/mol. The summed E-state index contributed by atoms with van der Waals surface area (Å²) in [5.41, 5.74) is -6.03. The second-order valence-corrected chi connectivity index (χ2v) is 5.23. The molecule has 0 saturated carbocycles. The van der Waals surface area contributed by atoms with Gasteiger partial charge in [-0.1, -0.05) is 12.1 Å². The van der Waals surface area contributed by atoms with Gasteiger partial charge in [0.25, 0.3) is 0 Å². The molecule has 0 amide bonds. The zero-order valence-corrected chi connectivity index (χ0v) is 13.2. The van der Waals surface area contributed by atoms with Gasteiger partial charge in [-0.2, -0.15) is 26.3 Å². The van der Waals surface area contributed by atoms with Gasteiger partial charge in [0, 0.05) is 0 Å². The van der Waals surface area contributed by atoms with E-state index in [4.69, 9.17) is 0 Å². The monoisotopic (exact) mass is 398 g/mol. The maximum Gasteiger partial charge on any atom is 0.418 e. The van der Waals surface area contributed by atoms with E-state index in [9.17, 15) is 45.5 Å². The Kier molecular flexibility index (Phi) is 5.28. The molecule has 28 heavy (non-hydrogen) atoms. The molecule has 142 valence electrons. The Balaban J connectivity index is 3.30. The van der Waals surface area contributed by atoms with Crippen molar-refractivity contribution in [2.24, 2.45) is 0 Å². The van der Waals surface area contributed by atoms with Crippen LogP contribution in [0.3, 0.4) is 0 Å². The molecule has 2 aromatic rings. The third kappa shape index (κ3) is 3.45. The van der Waals surface area contributed by atoms with Crippen LogP contribution in [0.5, 0.6) is 0 Å². The zero-order valence-electron chi connectivity index (χ0n) is 13.2. The summed E-state index contributed by atoms with van der Waals surface area (Å²) in [7, 11) is 0. The highest BCUT2D eigenvalue weighted by Gasteiger charge is 2.40. The number of carbonyl (C=O) groups excluding carboxylic acids is 4. The number of alkyl halides is 6. The first kappa shape index (κ1) is 20.6. The first-order valence-electron chi connectivity index (χ1n) is 7.02. The van der Waals surface area contributed by atoms with Gasteiger partial charge in [-0.25, -0.2) is 19.2 Å². The number of rotatable bonds is 1. The lowest BCUT2D eigenvalue weighted by Crippen LogP contribution is -2.38. The van der Waals surface area contributed by atoms with Crippen LogP contribution in [0.25, 0.3) is 11.1 Å². The van der Waals surface area contributed by atoms with Crippen molar-refractivity contribution in [3.05, 3.63) is 56.3 Å². The van der Waals surface area contributed by atoms with Gasteiger partial charge in [-0.15, -0.1) is 0 Å². The molecule has 0 aliphatic heterocycles. The first-order chi connectivity index (χ1) is 13.0. The van der Waals surface area contributed by atoms with E-state index >= 15 is 0 Å². The van der Waals surface area contributed by atoms with E-state index in [1.807, 2.05) is 0 Å². The van der Waals surface area contributed by atoms with Gasteiger partial charge in [-0.3, -0.25) is 0 Å². The molecule has 10 heteroatoms. The third-order valence-corrected chi connectivity index (χ3v) is 3.69. The minimum Gasteiger partial charge on any atom is -0.233 e. The fourth-order valence-corrected chi connectivity index (χ4v) is 2.63. The molecule has 0 heterocycles. The smallest absolute Gasteiger partial charge is 0.233 e. The Bertz CT molecular complexity index is 1200. The molecule has 4 nitrogen and oxygen atoms in total. The Labute approximate surface area is 150 Å². The van der Waals surface area contributed by atoms with Crippen molar-refractivity contribution in [1.29, 1.82) is 0 Å². The van der Waals surface area contributed by atoms with Crippen molar-refractivity contribution in [2.45, 2.75) is 12.4 Å². The molecule has 2 rings (SSSR count). The van der Waals surface area contributed by atoms with E-state index in [2.05, 4.69) is 0 Å². The van der Waals surface area contributed by atoms with Crippen LogP contribution in [0.4, 0.5) is 26.3 Å². The molecule has 0 aliphatic carbocycles. The summed E-state index contributed by atoms with van der Waals surface area (Å²) in [5, 5.41) is -4.40. The van der Waals surface area contributed by atoms with Gasteiger partial charge in [-0.05, 0) is 23.3 Å². The topological polar surface area (TPSA) is 68.3 Å². The quantitative estimate of drug-likeness (QED) is 0.602. The van der Waals surface area contributed by atoms with Crippen LogP contribution in [-0.4, -0.2) is 23.8 Å². The lowest BCUT2D eigenvalue weighted by Gasteiger charge is -2.17. The molecule has 0 bridgehead atoms. The van der Waals surface area contributed by atoms with Crippen molar-refractivity contribution >= 4 is 23.8 Å². The van der Waals surface area contributed by atoms with Crippen molar-refractivity contribution in [2.75, 3.05) is 0 Å². The van der Waals surface area contributed by atoms with Gasteiger partial charge >= 0.3 is 12.4 Å². The molecule has 0 atom stereocenters. The predicted octanol–water partition coefficient (Wildman–Crippen LogP) is -0.596. The number of hydrogen-bond donors (Lipinski definition) is 0. The van der Waals surface area contributed by atoms with Crippen LogP contribution < -0.4 is 20.9 Å². The summed E-state index contributed by atoms with van der Waals surface area (Å²) < 4.78 is 81.1. The zero-order chi connectivity index (χ0) is 21.3. The molecule has 0 aliphatic rings. The Morgan fingerprint density at radius 3 is 1.07 bits per heavy atom. The molecule has 0 spiro atoms. The fraction of sp³-hybridized carbons (Fsp3) is 0.111. The first-order valence-corrected chi connectivity index (χ1v) is 7.02. The summed E-state index contributed by atoms with van der Waals surface area (Å²) in [6.45, 7) is 0. The second kappa shape index (κ2) is 7.16. The minimum atomic E-state index is -5.36. The Morgan fingerprint density at radius 2 is 0.857 bits per heavy atom. The van der Waals surface area contributed by atoms with E-state index in [0.717, 1.165) is 23.8 Å². The molecule has 0 aromatic heterocycles. The highest BCUT2D eigenvalue weighted by Crippen LogP contribution is 2.39. The summed E-state index contributed by atoms with van der Waals surface area (Å²) in [6, 6.07) is 2.35. The van der Waals surface area contributed by atoms with E-state index in [-0.39, 0.29) is 0 Å². The fourth-order valence-electron chi connectivity index (χ4n) is 2.63. The van der Waals surface area contributed by atoms with Crippen LogP contribution in [0.15, 0.2) is 24.3 Å². The van der Waals surface area contributed by atoms with Crippen LogP contribution in [-0.2, 0) is 31.5 Å². The van der Waals surface area contributed by atoms with E-state index in [0.29, 0.717) is 24.3 Å². The number of halogens is 6. The average molecular weight is 398 g/mol. The van der Waals surface area contributed by atoms with Gasteiger partial charge in [0.15, 0.2) is 0 Å². The molecule has 2 aromatic carbocycles. The molecule has 0 saturated heterocycles. The molecular weight excluding hydrogens is 394 g/mol. The SMILES string of the molecule is O=C=c1ccc(-c2ccc(=C=O)c(=C=O)c2C(F)(F)F)c(C(F)(F)F)c1=C=O. The largest absolute Gasteiger partial charge is 0.418 e. The minimum absolute atomic E-state index is 0.521. The van der Waals surface area contributed by atoms with Crippen LogP contribution in [0, 0.1) is 0 Å². The van der Waals surface area contributed by atoms with Crippen molar-refractivity contribution < 1.29 is 45.5 Å². The maximum atomic E-state index is 13.5. The standard InChI is InChI=1S/C18H4F6O4/c19-17(20,21)15-11(3-1-9(5-25)13(15)7-27)12-4-2-10(6-26)14(8-28)16(12)18(22,23)24/h1-4H. The molecule has 0 radical (unpaired) electrons. The molecule has 0 unspecified atom stereocenters. The van der Waals surface area contributed by atoms with Gasteiger partial charge in [0.1, 0.15) is 23.8 Å². The molecule has 0 N–H and O–H groups in total. The Morgan fingerprint density at radius 1 is 0.536 bits per heavy atom. The lowest BCUT2D eigenvalue weighted by atomic mass is 9.91. The van der Waals surface area contributed by atoms with E-state index < -0.39 is 55.5 Å². The van der Waals surface area contributed by atoms with Crippen LogP contribution in [0.2, 0.25) is 0 Å². The second-order valence-electron chi connectivity index (χ2n) is 5.23. The molecule has 0 fully saturated rings. The van der Waals surface area contributed by atoms with E-state index in [1.165, 1.54) is 0 Å². The summed E-state index contributed by atoms with van der Waals surface area (Å²) >= 11 is 0. The summed E-state index contributed by atoms with van der Waals surface area (Å²) in [5.74, 6) is 3.93. The van der Waals surface area contributed by atoms with Crippen LogP contribution >= 0.6 is 0 Å². The number of hydrogen-bond acceptors (Lipinski definition) is 4. The highest BCUT2D eigenvalue weighted by molar-refractivity contribution is 5.77. The van der Waals surface area contributed by atoms with Crippen LogP contribution in [0.1, 0.15) is 11.1 Å². The van der Waals surface area contributed by atoms with E-state index in [1.54, 1.807) is 0 Å². The summed E-state index contributed by atoms with van der Waals surface area (Å²) in [6.07, 6.45) is -10.7. The average Bonchev–Trinajstić information content (AvgIpc) is 2.63. The highest BCUT2D eigenvalue weighted by atomic mass is 19.4. The maximum absolute atomic E-state index is 13.5. The molecular formula is C18H4F6O4. The van der Waals surface area contributed by atoms with Crippen molar-refractivity contribution in [3.8, 4) is 11.1 Å². The normalized spacial score (nSPS) is 11.2. The van der Waals surface area contributed by atoms with Crippen molar-refractivity contribution in [3.63, 3.8) is 0 Å². The van der Waals surface area contributed by atoms with Gasteiger partial charge in [0.2, 0.25) is 0 Å². The van der Waals surface area contributed by atoms with Crippen molar-refractivity contribution in [1.82, 2.24) is 0 Å². The van der Waals surface area contributed by atoms with Gasteiger partial charge < -0.3 is 0 Å². The van der Waals surface area contributed by atoms with Gasteiger partial charge in [0.05, 0.1) is 32.0 Å². The number of benzene rings is 2. The Hall–Kier alpha value is -3.66.